The van der Waals surface area contributed by atoms with Gasteiger partial charge >= 0.3 is 0 Å². The Morgan fingerprint density at radius 2 is 2.20 bits per heavy atom. The molecule has 0 heterocycles. The van der Waals surface area contributed by atoms with E-state index in [-0.39, 0.29) is 12.5 Å². The molecule has 1 aromatic carbocycles. The molecule has 106 valence electrons. The number of halogens is 1. The third-order valence-corrected chi connectivity index (χ3v) is 3.44. The average molecular weight is 293 g/mol. The SMILES string of the molecule is CC1=C/C(=N/NC(=O)COc2ccc(Cl)c(C)c2)CC1. The van der Waals surface area contributed by atoms with Gasteiger partial charge in [0.05, 0.1) is 5.71 Å². The topological polar surface area (TPSA) is 50.7 Å². The fraction of sp³-hybridized carbons (Fsp3) is 0.333. The minimum atomic E-state index is -0.275. The highest BCUT2D eigenvalue weighted by Crippen LogP contribution is 2.20. The molecule has 5 heteroatoms. The maximum atomic E-state index is 11.6. The smallest absolute Gasteiger partial charge is 0.277 e. The van der Waals surface area contributed by atoms with E-state index in [1.807, 2.05) is 13.0 Å². The molecule has 1 N–H and O–H groups in total. The van der Waals surface area contributed by atoms with Crippen LogP contribution in [0.2, 0.25) is 5.02 Å². The largest absolute Gasteiger partial charge is 0.484 e. The van der Waals surface area contributed by atoms with Crippen LogP contribution < -0.4 is 10.2 Å². The van der Waals surface area contributed by atoms with Crippen molar-refractivity contribution in [1.29, 1.82) is 0 Å². The highest BCUT2D eigenvalue weighted by Gasteiger charge is 2.08. The lowest BCUT2D eigenvalue weighted by atomic mass is 10.2. The van der Waals surface area contributed by atoms with E-state index < -0.39 is 0 Å². The van der Waals surface area contributed by atoms with Crippen molar-refractivity contribution < 1.29 is 9.53 Å². The summed E-state index contributed by atoms with van der Waals surface area (Å²) >= 11 is 5.92. The lowest BCUT2D eigenvalue weighted by Gasteiger charge is -2.06. The number of hydrogen-bond acceptors (Lipinski definition) is 3. The number of nitrogens with zero attached hydrogens (tertiary/aromatic N) is 1. The van der Waals surface area contributed by atoms with E-state index in [1.54, 1.807) is 18.2 Å². The van der Waals surface area contributed by atoms with Crippen molar-refractivity contribution in [1.82, 2.24) is 5.43 Å². The third-order valence-electron chi connectivity index (χ3n) is 3.01. The summed E-state index contributed by atoms with van der Waals surface area (Å²) in [6.45, 7) is 3.87. The highest BCUT2D eigenvalue weighted by atomic mass is 35.5. The quantitative estimate of drug-likeness (QED) is 0.866. The molecule has 0 bridgehead atoms. The number of hydrazone groups is 1. The molecule has 0 fully saturated rings. The Kier molecular flexibility index (Phi) is 4.79. The predicted octanol–water partition coefficient (Wildman–Crippen LogP) is 3.24. The summed E-state index contributed by atoms with van der Waals surface area (Å²) in [7, 11) is 0. The fourth-order valence-electron chi connectivity index (χ4n) is 1.86. The minimum absolute atomic E-state index is 0.0689. The van der Waals surface area contributed by atoms with Gasteiger partial charge in [-0.05, 0) is 56.5 Å². The molecule has 0 aliphatic heterocycles. The van der Waals surface area contributed by atoms with Gasteiger partial charge in [-0.3, -0.25) is 4.79 Å². The monoisotopic (exact) mass is 292 g/mol. The van der Waals surface area contributed by atoms with Crippen molar-refractivity contribution in [2.75, 3.05) is 6.61 Å². The highest BCUT2D eigenvalue weighted by molar-refractivity contribution is 6.31. The molecule has 0 unspecified atom stereocenters. The number of ether oxygens (including phenoxy) is 1. The van der Waals surface area contributed by atoms with E-state index in [2.05, 4.69) is 17.5 Å². The Labute approximate surface area is 123 Å². The van der Waals surface area contributed by atoms with E-state index in [0.717, 1.165) is 24.1 Å². The van der Waals surface area contributed by atoms with Crippen LogP contribution in [0.3, 0.4) is 0 Å². The lowest BCUT2D eigenvalue weighted by molar-refractivity contribution is -0.123. The van der Waals surface area contributed by atoms with Crippen LogP contribution >= 0.6 is 11.6 Å². The number of hydrogen-bond donors (Lipinski definition) is 1. The molecule has 0 saturated carbocycles. The van der Waals surface area contributed by atoms with Crippen molar-refractivity contribution in [3.63, 3.8) is 0 Å². The van der Waals surface area contributed by atoms with Gasteiger partial charge in [-0.2, -0.15) is 5.10 Å². The Balaban J connectivity index is 1.82. The van der Waals surface area contributed by atoms with Crippen molar-refractivity contribution in [3.05, 3.63) is 40.4 Å². The number of carbonyl (C=O) groups excluding carboxylic acids is 1. The summed E-state index contributed by atoms with van der Waals surface area (Å²) in [6.07, 6.45) is 3.88. The van der Waals surface area contributed by atoms with Gasteiger partial charge in [-0.1, -0.05) is 17.2 Å². The zero-order valence-corrected chi connectivity index (χ0v) is 12.3. The molecule has 0 atom stereocenters. The standard InChI is InChI=1S/C15H17ClN2O2/c1-10-3-4-12(7-10)17-18-15(19)9-20-13-5-6-14(16)11(2)8-13/h5-8H,3-4,9H2,1-2H3,(H,18,19)/b17-12+. The Hall–Kier alpha value is -1.81. The number of benzene rings is 1. The predicted molar refractivity (Wildman–Crippen MR) is 80.3 cm³/mol. The first-order chi connectivity index (χ1) is 9.54. The van der Waals surface area contributed by atoms with Gasteiger partial charge in [0.2, 0.25) is 0 Å². The van der Waals surface area contributed by atoms with Crippen LogP contribution in [0.5, 0.6) is 5.75 Å². The van der Waals surface area contributed by atoms with Crippen LogP contribution in [0.4, 0.5) is 0 Å². The Morgan fingerprint density at radius 1 is 1.40 bits per heavy atom. The van der Waals surface area contributed by atoms with Gasteiger partial charge in [0.25, 0.3) is 5.91 Å². The van der Waals surface area contributed by atoms with Crippen molar-refractivity contribution in [2.24, 2.45) is 5.10 Å². The van der Waals surface area contributed by atoms with E-state index >= 15 is 0 Å². The number of aryl methyl sites for hydroxylation is 1. The van der Waals surface area contributed by atoms with Gasteiger partial charge in [0.15, 0.2) is 6.61 Å². The second-order valence-corrected chi connectivity index (χ2v) is 5.24. The Morgan fingerprint density at radius 3 is 2.85 bits per heavy atom. The lowest BCUT2D eigenvalue weighted by Crippen LogP contribution is -2.25. The second kappa shape index (κ2) is 6.57. The van der Waals surface area contributed by atoms with Crippen LogP contribution in [-0.2, 0) is 4.79 Å². The summed E-state index contributed by atoms with van der Waals surface area (Å²) < 4.78 is 5.38. The first-order valence-electron chi connectivity index (χ1n) is 6.46. The van der Waals surface area contributed by atoms with Crippen LogP contribution in [0, 0.1) is 6.92 Å². The molecule has 1 amide bonds. The number of rotatable bonds is 4. The number of allylic oxidation sites excluding steroid dienone is 2. The summed E-state index contributed by atoms with van der Waals surface area (Å²) in [5.41, 5.74) is 5.59. The van der Waals surface area contributed by atoms with Crippen molar-refractivity contribution in [2.45, 2.75) is 26.7 Å². The Bertz CT molecular complexity index is 579. The van der Waals surface area contributed by atoms with Crippen LogP contribution in [-0.4, -0.2) is 18.2 Å². The van der Waals surface area contributed by atoms with Crippen molar-refractivity contribution in [3.8, 4) is 5.75 Å². The molecular formula is C15H17ClN2O2. The maximum Gasteiger partial charge on any atom is 0.277 e. The summed E-state index contributed by atoms with van der Waals surface area (Å²) in [5, 5.41) is 4.73. The number of carbonyl (C=O) groups is 1. The van der Waals surface area contributed by atoms with E-state index in [9.17, 15) is 4.79 Å². The molecular weight excluding hydrogens is 276 g/mol. The zero-order valence-electron chi connectivity index (χ0n) is 11.6. The molecule has 1 aliphatic rings. The van der Waals surface area contributed by atoms with Gasteiger partial charge in [0.1, 0.15) is 5.75 Å². The summed E-state index contributed by atoms with van der Waals surface area (Å²) in [5.74, 6) is 0.342. The van der Waals surface area contributed by atoms with Crippen LogP contribution in [0.25, 0.3) is 0 Å². The molecule has 0 aromatic heterocycles. The minimum Gasteiger partial charge on any atom is -0.484 e. The number of amides is 1. The average Bonchev–Trinajstić information content (AvgIpc) is 2.83. The van der Waals surface area contributed by atoms with Crippen molar-refractivity contribution >= 4 is 23.2 Å². The molecule has 1 aromatic rings. The van der Waals surface area contributed by atoms with E-state index in [1.165, 1.54) is 5.57 Å². The fourth-order valence-corrected chi connectivity index (χ4v) is 1.98. The van der Waals surface area contributed by atoms with E-state index in [4.69, 9.17) is 16.3 Å². The first-order valence-corrected chi connectivity index (χ1v) is 6.84. The zero-order chi connectivity index (χ0) is 14.5. The molecule has 0 spiro atoms. The summed E-state index contributed by atoms with van der Waals surface area (Å²) in [6, 6.07) is 5.28. The maximum absolute atomic E-state index is 11.6. The molecule has 4 nitrogen and oxygen atoms in total. The van der Waals surface area contributed by atoms with Crippen LogP contribution in [0.1, 0.15) is 25.3 Å². The third kappa shape index (κ3) is 4.10. The summed E-state index contributed by atoms with van der Waals surface area (Å²) in [4.78, 5) is 11.6. The molecule has 0 radical (unpaired) electrons. The molecule has 1 aliphatic carbocycles. The second-order valence-electron chi connectivity index (χ2n) is 4.83. The number of nitrogens with one attached hydrogen (secondary N) is 1. The van der Waals surface area contributed by atoms with Crippen LogP contribution in [0.15, 0.2) is 34.9 Å². The first kappa shape index (κ1) is 14.6. The molecule has 20 heavy (non-hydrogen) atoms. The van der Waals surface area contributed by atoms with Gasteiger partial charge < -0.3 is 4.74 Å². The van der Waals surface area contributed by atoms with Gasteiger partial charge in [-0.15, -0.1) is 0 Å². The molecule has 0 saturated heterocycles. The van der Waals surface area contributed by atoms with Gasteiger partial charge in [0, 0.05) is 5.02 Å². The normalized spacial score (nSPS) is 16.1. The van der Waals surface area contributed by atoms with E-state index in [0.29, 0.717) is 10.8 Å². The molecule has 2 rings (SSSR count). The van der Waals surface area contributed by atoms with Gasteiger partial charge in [-0.25, -0.2) is 5.43 Å².